The standard InChI is InChI=1S/C18H28N4O2.2HI/c1-13(2)19-5-7-21(11-19)15-9-23-18-16(10-24-17(15)18)22-8-6-20(12-22)14(3)4;;/h5-8,11-18H,9-10H2,1-4H3;2*1H/q+2;;/p-2/t15-,16-,17+,18+;;/m0../s1. The van der Waals surface area contributed by atoms with Gasteiger partial charge in [0.25, 0.3) is 0 Å². The van der Waals surface area contributed by atoms with Gasteiger partial charge in [-0.1, -0.05) is 0 Å². The van der Waals surface area contributed by atoms with Crippen LogP contribution in [-0.2, 0) is 9.47 Å². The Morgan fingerprint density at radius 3 is 1.46 bits per heavy atom. The molecule has 0 radical (unpaired) electrons. The summed E-state index contributed by atoms with van der Waals surface area (Å²) in [6.07, 6.45) is 13.1. The largest absolute Gasteiger partial charge is 1.00 e. The van der Waals surface area contributed by atoms with Crippen LogP contribution in [0.3, 0.4) is 0 Å². The van der Waals surface area contributed by atoms with Gasteiger partial charge in [0.05, 0.1) is 25.3 Å². The lowest BCUT2D eigenvalue weighted by Crippen LogP contribution is -3.00. The molecule has 8 heteroatoms. The highest BCUT2D eigenvalue weighted by Crippen LogP contribution is 2.35. The number of aromatic nitrogens is 4. The molecule has 2 aromatic heterocycles. The molecule has 146 valence electrons. The fraction of sp³-hybridized carbons (Fsp3) is 0.667. The monoisotopic (exact) mass is 586 g/mol. The minimum Gasteiger partial charge on any atom is -1.00 e. The molecular weight excluding hydrogens is 558 g/mol. The fourth-order valence-corrected chi connectivity index (χ4v) is 3.74. The normalized spacial score (nSPS) is 27.5. The zero-order valence-corrected chi connectivity index (χ0v) is 20.0. The van der Waals surface area contributed by atoms with Crippen molar-refractivity contribution >= 4 is 0 Å². The smallest absolute Gasteiger partial charge is 0.244 e. The Morgan fingerprint density at radius 2 is 1.15 bits per heavy atom. The topological polar surface area (TPSA) is 36.1 Å². The Hall–Kier alpha value is -0.200. The van der Waals surface area contributed by atoms with Crippen molar-refractivity contribution in [2.75, 3.05) is 13.2 Å². The molecule has 0 spiro atoms. The van der Waals surface area contributed by atoms with Gasteiger partial charge in [-0.25, -0.2) is 18.3 Å². The van der Waals surface area contributed by atoms with Crippen molar-refractivity contribution in [1.82, 2.24) is 9.13 Å². The SMILES string of the molecule is CC(C)n1cc[n+]([C@H]2CO[C@H]3[C@@H]2OC[C@@H]3[n+]2ccn(C(C)C)c2)c1.[I-].[I-]. The molecule has 2 aliphatic rings. The van der Waals surface area contributed by atoms with Crippen LogP contribution < -0.4 is 57.1 Å². The Kier molecular flexibility index (Phi) is 7.54. The molecule has 0 saturated carbocycles. The Bertz CT molecular complexity index is 655. The molecule has 4 atom stereocenters. The first-order valence-electron chi connectivity index (χ1n) is 8.94. The van der Waals surface area contributed by atoms with E-state index >= 15 is 0 Å². The van der Waals surface area contributed by atoms with Gasteiger partial charge in [-0.2, -0.15) is 0 Å². The van der Waals surface area contributed by atoms with Crippen LogP contribution >= 0.6 is 0 Å². The van der Waals surface area contributed by atoms with E-state index in [1.807, 2.05) is 0 Å². The van der Waals surface area contributed by atoms with Crippen molar-refractivity contribution < 1.29 is 66.6 Å². The van der Waals surface area contributed by atoms with E-state index in [1.165, 1.54) is 0 Å². The number of rotatable bonds is 4. The third-order valence-corrected chi connectivity index (χ3v) is 5.31. The van der Waals surface area contributed by atoms with Crippen LogP contribution in [0.25, 0.3) is 0 Å². The van der Waals surface area contributed by atoms with Gasteiger partial charge in [0, 0.05) is 0 Å². The first kappa shape index (κ1) is 22.1. The van der Waals surface area contributed by atoms with Crippen molar-refractivity contribution in [1.29, 1.82) is 0 Å². The highest BCUT2D eigenvalue weighted by atomic mass is 127. The molecule has 4 rings (SSSR count). The molecule has 0 aliphatic carbocycles. The number of hydrogen-bond acceptors (Lipinski definition) is 2. The maximum absolute atomic E-state index is 6.17. The van der Waals surface area contributed by atoms with Gasteiger partial charge in [0.2, 0.25) is 12.7 Å². The number of hydrogen-bond donors (Lipinski definition) is 0. The molecular formula is C18H28I2N4O2. The maximum atomic E-state index is 6.17. The van der Waals surface area contributed by atoms with Crippen LogP contribution in [0.5, 0.6) is 0 Å². The van der Waals surface area contributed by atoms with Crippen LogP contribution in [0.1, 0.15) is 51.9 Å². The van der Waals surface area contributed by atoms with E-state index in [4.69, 9.17) is 9.47 Å². The van der Waals surface area contributed by atoms with Gasteiger partial charge < -0.3 is 57.4 Å². The van der Waals surface area contributed by atoms with Gasteiger partial charge in [-0.15, -0.1) is 0 Å². The molecule has 0 bridgehead atoms. The predicted octanol–water partition coefficient (Wildman–Crippen LogP) is -4.39. The zero-order valence-electron chi connectivity index (χ0n) is 15.7. The summed E-state index contributed by atoms with van der Waals surface area (Å²) in [5, 5.41) is 0. The molecule has 0 N–H and O–H groups in total. The van der Waals surface area contributed by atoms with E-state index in [9.17, 15) is 0 Å². The number of nitrogens with zero attached hydrogens (tertiary/aromatic N) is 4. The van der Waals surface area contributed by atoms with Crippen LogP contribution in [0.4, 0.5) is 0 Å². The van der Waals surface area contributed by atoms with Gasteiger partial charge in [-0.3, -0.25) is 0 Å². The first-order valence-corrected chi connectivity index (χ1v) is 8.94. The third kappa shape index (κ3) is 3.97. The van der Waals surface area contributed by atoms with Crippen LogP contribution in [0, 0.1) is 0 Å². The van der Waals surface area contributed by atoms with E-state index in [1.54, 1.807) is 0 Å². The van der Waals surface area contributed by atoms with Crippen molar-refractivity contribution in [2.24, 2.45) is 0 Å². The van der Waals surface area contributed by atoms with Gasteiger partial charge in [0.1, 0.15) is 37.0 Å². The van der Waals surface area contributed by atoms with Crippen LogP contribution in [0.2, 0.25) is 0 Å². The molecule has 26 heavy (non-hydrogen) atoms. The quantitative estimate of drug-likeness (QED) is 0.269. The lowest BCUT2D eigenvalue weighted by atomic mass is 10.1. The summed E-state index contributed by atoms with van der Waals surface area (Å²) in [7, 11) is 0. The summed E-state index contributed by atoms with van der Waals surface area (Å²) in [4.78, 5) is 0. The average Bonchev–Trinajstić information content (AvgIpc) is 3.29. The molecule has 2 saturated heterocycles. The second-order valence-corrected chi connectivity index (χ2v) is 7.53. The third-order valence-electron chi connectivity index (χ3n) is 5.31. The number of ether oxygens (including phenoxy) is 2. The predicted molar refractivity (Wildman–Crippen MR) is 87.6 cm³/mol. The molecule has 0 unspecified atom stereocenters. The summed E-state index contributed by atoms with van der Waals surface area (Å²) in [5.41, 5.74) is 0. The molecule has 6 nitrogen and oxygen atoms in total. The zero-order chi connectivity index (χ0) is 16.8. The van der Waals surface area contributed by atoms with Gasteiger partial charge in [-0.05, 0) is 27.7 Å². The average molecular weight is 586 g/mol. The molecule has 4 heterocycles. The fourth-order valence-electron chi connectivity index (χ4n) is 3.74. The summed E-state index contributed by atoms with van der Waals surface area (Å²) in [5.74, 6) is 0. The molecule has 2 aliphatic heterocycles. The minimum atomic E-state index is 0. The number of halogens is 2. The molecule has 2 fully saturated rings. The summed E-state index contributed by atoms with van der Waals surface area (Å²) >= 11 is 0. The van der Waals surface area contributed by atoms with E-state index in [0.29, 0.717) is 25.3 Å². The molecule has 0 amide bonds. The van der Waals surface area contributed by atoms with Crippen molar-refractivity contribution in [3.63, 3.8) is 0 Å². The van der Waals surface area contributed by atoms with Gasteiger partial charge >= 0.3 is 0 Å². The van der Waals surface area contributed by atoms with Crippen molar-refractivity contribution in [2.45, 2.75) is 64.1 Å². The number of imidazole rings is 2. The summed E-state index contributed by atoms with van der Waals surface area (Å²) in [6, 6.07) is 1.45. The van der Waals surface area contributed by atoms with E-state index in [0.717, 1.165) is 0 Å². The second kappa shape index (κ2) is 8.87. The lowest BCUT2D eigenvalue weighted by Gasteiger charge is -2.13. The van der Waals surface area contributed by atoms with E-state index in [-0.39, 0.29) is 72.2 Å². The highest BCUT2D eigenvalue weighted by molar-refractivity contribution is 4.91. The molecule has 0 aromatic carbocycles. The summed E-state index contributed by atoms with van der Waals surface area (Å²) in [6.45, 7) is 10.2. The highest BCUT2D eigenvalue weighted by Gasteiger charge is 2.53. The number of fused-ring (bicyclic) bond motifs is 1. The van der Waals surface area contributed by atoms with Crippen molar-refractivity contribution in [3.05, 3.63) is 37.4 Å². The maximum Gasteiger partial charge on any atom is 0.244 e. The van der Waals surface area contributed by atoms with Crippen LogP contribution in [-0.4, -0.2) is 34.6 Å². The Labute approximate surface area is 189 Å². The lowest BCUT2D eigenvalue weighted by molar-refractivity contribution is -0.726. The Morgan fingerprint density at radius 1 is 0.769 bits per heavy atom. The van der Waals surface area contributed by atoms with Gasteiger partial charge in [0.15, 0.2) is 12.1 Å². The first-order chi connectivity index (χ1) is 11.5. The Balaban J connectivity index is 0.00000121. The van der Waals surface area contributed by atoms with E-state index in [2.05, 4.69) is 83.4 Å². The minimum absolute atomic E-state index is 0. The molecule has 2 aromatic rings. The van der Waals surface area contributed by atoms with E-state index < -0.39 is 0 Å². The van der Waals surface area contributed by atoms with Crippen molar-refractivity contribution in [3.8, 4) is 0 Å². The summed E-state index contributed by atoms with van der Waals surface area (Å²) < 4.78 is 21.3. The second-order valence-electron chi connectivity index (χ2n) is 7.53. The van der Waals surface area contributed by atoms with Crippen LogP contribution in [0.15, 0.2) is 37.4 Å².